The second kappa shape index (κ2) is 5.27. The van der Waals surface area contributed by atoms with Crippen molar-refractivity contribution in [3.8, 4) is 0 Å². The van der Waals surface area contributed by atoms with Crippen LogP contribution in [0.4, 0.5) is 10.5 Å². The Kier molecular flexibility index (Phi) is 3.87. The van der Waals surface area contributed by atoms with Gasteiger partial charge in [0.2, 0.25) is 0 Å². The molecule has 0 spiro atoms. The number of rotatable bonds is 2. The molecule has 0 aliphatic heterocycles. The van der Waals surface area contributed by atoms with Crippen molar-refractivity contribution in [3.63, 3.8) is 0 Å². The van der Waals surface area contributed by atoms with E-state index in [1.165, 1.54) is 0 Å². The molecule has 0 heterocycles. The third-order valence-electron chi connectivity index (χ3n) is 2.50. The number of anilines is 1. The van der Waals surface area contributed by atoms with Crippen LogP contribution in [0.1, 0.15) is 5.56 Å². The van der Waals surface area contributed by atoms with Gasteiger partial charge in [-0.05, 0) is 35.7 Å². The Labute approximate surface area is 115 Å². The zero-order valence-electron chi connectivity index (χ0n) is 10.1. The van der Waals surface area contributed by atoms with Crippen LogP contribution in [0.3, 0.4) is 0 Å². The van der Waals surface area contributed by atoms with Gasteiger partial charge in [0.15, 0.2) is 0 Å². The molecule has 2 rings (SSSR count). The lowest BCUT2D eigenvalue weighted by atomic mass is 10.1. The third kappa shape index (κ3) is 3.75. The van der Waals surface area contributed by atoms with Crippen LogP contribution in [0.5, 0.6) is 0 Å². The smallest absolute Gasteiger partial charge is 0.326 e. The molecule has 2 amide bonds. The molecule has 2 aromatic carbocycles. The highest BCUT2D eigenvalue weighted by Crippen LogP contribution is 2.30. The van der Waals surface area contributed by atoms with Crippen molar-refractivity contribution in [3.05, 3.63) is 42.0 Å². The number of carbonyl (C=O) groups is 1. The minimum absolute atomic E-state index is 0.594. The zero-order valence-corrected chi connectivity index (χ0v) is 11.8. The van der Waals surface area contributed by atoms with E-state index in [0.717, 1.165) is 16.3 Å². The van der Waals surface area contributed by atoms with Crippen LogP contribution < -0.4 is 10.4 Å². The van der Waals surface area contributed by atoms with Crippen LogP contribution in [0.2, 0.25) is 0 Å². The summed E-state index contributed by atoms with van der Waals surface area (Å²) in [7, 11) is 0. The van der Waals surface area contributed by atoms with Crippen LogP contribution in [0.25, 0.3) is 10.8 Å². The molecule has 7 heteroatoms. The average molecular weight is 296 g/mol. The van der Waals surface area contributed by atoms with Gasteiger partial charge in [-0.3, -0.25) is 5.09 Å². The summed E-state index contributed by atoms with van der Waals surface area (Å²) in [5, 5.41) is 6.37. The molecule has 19 heavy (non-hydrogen) atoms. The van der Waals surface area contributed by atoms with Crippen LogP contribution in [0, 0.1) is 6.92 Å². The lowest BCUT2D eigenvalue weighted by Gasteiger charge is -2.13. The Morgan fingerprint density at radius 3 is 2.63 bits per heavy atom. The molecule has 0 saturated carbocycles. The molecule has 0 fully saturated rings. The van der Waals surface area contributed by atoms with E-state index >= 15 is 0 Å². The molecular weight excluding hydrogens is 283 g/mol. The second-order valence-corrected chi connectivity index (χ2v) is 6.98. The summed E-state index contributed by atoms with van der Waals surface area (Å²) in [6.07, 6.45) is 0. The summed E-state index contributed by atoms with van der Waals surface area (Å²) in [6.45, 7) is -1.85. The van der Waals surface area contributed by atoms with E-state index in [1.807, 2.05) is 42.3 Å². The fraction of sp³-hybridized carbons (Fsp3) is 0.0833. The van der Waals surface area contributed by atoms with Crippen LogP contribution in [0.15, 0.2) is 36.4 Å². The number of hydrogen-bond acceptors (Lipinski definition) is 2. The number of carbonyl (C=O) groups excluding carboxylic acids is 1. The molecule has 0 bridgehead atoms. The van der Waals surface area contributed by atoms with Gasteiger partial charge in [0.25, 0.3) is 6.64 Å². The third-order valence-corrected chi connectivity index (χ3v) is 3.27. The van der Waals surface area contributed by atoms with Crippen LogP contribution in [-0.4, -0.2) is 15.8 Å². The van der Waals surface area contributed by atoms with E-state index in [-0.39, 0.29) is 0 Å². The minimum Gasteiger partial charge on any atom is -0.330 e. The first kappa shape index (κ1) is 14.0. The molecule has 0 atom stereocenters. The van der Waals surface area contributed by atoms with Gasteiger partial charge in [-0.25, -0.2) is 4.79 Å². The number of nitrogens with one attached hydrogen (secondary N) is 2. The van der Waals surface area contributed by atoms with Crippen molar-refractivity contribution in [2.75, 3.05) is 5.32 Å². The molecule has 5 nitrogen and oxygen atoms in total. The van der Waals surface area contributed by atoms with E-state index in [9.17, 15) is 4.79 Å². The number of hydrogen-bond donors (Lipinski definition) is 4. The van der Waals surface area contributed by atoms with E-state index in [1.54, 1.807) is 6.07 Å². The van der Waals surface area contributed by atoms with Gasteiger partial charge in [0.05, 0.1) is 5.69 Å². The summed E-state index contributed by atoms with van der Waals surface area (Å²) in [4.78, 5) is 29.7. The normalized spacial score (nSPS) is 11.3. The molecule has 4 N–H and O–H groups in total. The minimum atomic E-state index is -3.76. The number of fused-ring (bicyclic) bond motifs is 1. The average Bonchev–Trinajstić information content (AvgIpc) is 2.25. The van der Waals surface area contributed by atoms with Gasteiger partial charge < -0.3 is 15.1 Å². The van der Waals surface area contributed by atoms with Crippen molar-refractivity contribution in [2.45, 2.75) is 6.92 Å². The van der Waals surface area contributed by atoms with Gasteiger partial charge in [0.1, 0.15) is 0 Å². The molecule has 0 aromatic heterocycles. The van der Waals surface area contributed by atoms with Gasteiger partial charge >= 0.3 is 6.03 Å². The molecule has 2 aromatic rings. The highest BCUT2D eigenvalue weighted by molar-refractivity contribution is 8.08. The molecule has 0 unspecified atom stereocenters. The Morgan fingerprint density at radius 2 is 1.95 bits per heavy atom. The van der Waals surface area contributed by atoms with Crippen LogP contribution in [-0.2, 0) is 11.8 Å². The molecule has 0 radical (unpaired) electrons. The largest absolute Gasteiger partial charge is 0.330 e. The highest BCUT2D eigenvalue weighted by Gasteiger charge is 2.13. The molecular formula is C12H13N2O3PS. The standard InChI is InChI=1S/C12H13N2O3PS/c1-8-6-9-4-2-3-5-10(9)11(7-8)13-12(15)14-18(16,17)19/h2-7H,1H3,(H4,13,14,15,16,17,19). The van der Waals surface area contributed by atoms with Gasteiger partial charge in [-0.2, -0.15) is 0 Å². The first-order chi connectivity index (χ1) is 8.85. The van der Waals surface area contributed by atoms with E-state index in [4.69, 9.17) is 9.79 Å². The fourth-order valence-corrected chi connectivity index (χ4v) is 2.42. The lowest BCUT2D eigenvalue weighted by Crippen LogP contribution is -2.25. The topological polar surface area (TPSA) is 81.6 Å². The highest BCUT2D eigenvalue weighted by atomic mass is 32.5. The Balaban J connectivity index is 2.35. The summed E-state index contributed by atoms with van der Waals surface area (Å²) in [6, 6.07) is 10.7. The van der Waals surface area contributed by atoms with Gasteiger partial charge in [-0.1, -0.05) is 30.3 Å². The number of benzene rings is 2. The summed E-state index contributed by atoms with van der Waals surface area (Å²) in [5.74, 6) is 0. The summed E-state index contributed by atoms with van der Waals surface area (Å²) >= 11 is 4.35. The maximum atomic E-state index is 11.6. The second-order valence-electron chi connectivity index (χ2n) is 4.14. The Morgan fingerprint density at radius 1 is 1.26 bits per heavy atom. The maximum absolute atomic E-state index is 11.6. The van der Waals surface area contributed by atoms with Crippen molar-refractivity contribution in [2.24, 2.45) is 0 Å². The van der Waals surface area contributed by atoms with E-state index < -0.39 is 12.7 Å². The molecule has 0 saturated heterocycles. The fourth-order valence-electron chi connectivity index (χ4n) is 1.85. The SMILES string of the molecule is Cc1cc(NC(=O)NP(O)(O)=S)c2ccccc2c1. The van der Waals surface area contributed by atoms with Gasteiger partial charge in [0, 0.05) is 5.39 Å². The maximum Gasteiger partial charge on any atom is 0.326 e. The first-order valence-electron chi connectivity index (χ1n) is 5.49. The predicted molar refractivity (Wildman–Crippen MR) is 79.6 cm³/mol. The van der Waals surface area contributed by atoms with Crippen molar-refractivity contribution in [1.82, 2.24) is 5.09 Å². The molecule has 0 aliphatic carbocycles. The molecule has 0 aliphatic rings. The zero-order chi connectivity index (χ0) is 14.0. The van der Waals surface area contributed by atoms with Crippen molar-refractivity contribution >= 4 is 40.9 Å². The van der Waals surface area contributed by atoms with E-state index in [2.05, 4.69) is 17.1 Å². The summed E-state index contributed by atoms with van der Waals surface area (Å²) in [5.41, 5.74) is 1.58. The van der Waals surface area contributed by atoms with Crippen molar-refractivity contribution in [1.29, 1.82) is 0 Å². The Bertz CT molecular complexity index is 684. The lowest BCUT2D eigenvalue weighted by molar-refractivity contribution is 0.255. The Hall–Kier alpha value is -1.46. The monoisotopic (exact) mass is 296 g/mol. The van der Waals surface area contributed by atoms with E-state index in [0.29, 0.717) is 5.69 Å². The summed E-state index contributed by atoms with van der Waals surface area (Å²) < 4.78 is 0. The van der Waals surface area contributed by atoms with Gasteiger partial charge in [-0.15, -0.1) is 0 Å². The predicted octanol–water partition coefficient (Wildman–Crippen LogP) is 2.48. The number of amides is 2. The first-order valence-corrected chi connectivity index (χ1v) is 8.20. The quantitative estimate of drug-likeness (QED) is 0.642. The molecule has 100 valence electrons. The van der Waals surface area contributed by atoms with Crippen LogP contribution >= 0.6 is 6.64 Å². The number of aryl methyl sites for hydroxylation is 1. The number of urea groups is 1. The van der Waals surface area contributed by atoms with Crippen molar-refractivity contribution < 1.29 is 14.6 Å².